The van der Waals surface area contributed by atoms with E-state index in [1.807, 2.05) is 19.1 Å². The molecular weight excluding hydrogens is 449 g/mol. The maximum atomic E-state index is 13.2. The van der Waals surface area contributed by atoms with Crippen molar-refractivity contribution in [3.05, 3.63) is 51.7 Å². The van der Waals surface area contributed by atoms with Gasteiger partial charge >= 0.3 is 29.0 Å². The van der Waals surface area contributed by atoms with Gasteiger partial charge in [0.1, 0.15) is 23.7 Å². The van der Waals surface area contributed by atoms with Crippen molar-refractivity contribution in [2.24, 2.45) is 7.05 Å². The van der Waals surface area contributed by atoms with Crippen LogP contribution in [0.4, 0.5) is 0 Å². The molecule has 0 fully saturated rings. The van der Waals surface area contributed by atoms with Gasteiger partial charge in [0.15, 0.2) is 11.6 Å². The van der Waals surface area contributed by atoms with Crippen LogP contribution in [0.5, 0.6) is 5.75 Å². The van der Waals surface area contributed by atoms with E-state index in [0.717, 1.165) is 24.1 Å². The summed E-state index contributed by atoms with van der Waals surface area (Å²) in [5.41, 5.74) is 2.81. The van der Waals surface area contributed by atoms with Gasteiger partial charge in [0.05, 0.1) is 12.2 Å². The van der Waals surface area contributed by atoms with Crippen LogP contribution in [0.15, 0.2) is 29.1 Å². The molecule has 0 saturated heterocycles. The van der Waals surface area contributed by atoms with Crippen LogP contribution in [-0.4, -0.2) is 72.8 Å². The van der Waals surface area contributed by atoms with Crippen LogP contribution in [0.2, 0.25) is 0 Å². The predicted octanol–water partition coefficient (Wildman–Crippen LogP) is 2.38. The Bertz CT molecular complexity index is 1160. The summed E-state index contributed by atoms with van der Waals surface area (Å²) in [6.07, 6.45) is 1.77. The van der Waals surface area contributed by atoms with Crippen molar-refractivity contribution in [3.63, 3.8) is 0 Å². The zero-order chi connectivity index (χ0) is 24.0. The molecule has 0 aliphatic carbocycles. The number of hydrogen-bond acceptors (Lipinski definition) is 6. The maximum absolute atomic E-state index is 13.2. The number of carbonyl (C=O) groups is 1. The Balaban J connectivity index is 0.00000408. The summed E-state index contributed by atoms with van der Waals surface area (Å²) in [6, 6.07) is 7.24. The van der Waals surface area contributed by atoms with E-state index in [2.05, 4.69) is 12.0 Å². The van der Waals surface area contributed by atoms with Gasteiger partial charge < -0.3 is 14.6 Å². The van der Waals surface area contributed by atoms with E-state index >= 15 is 0 Å². The third-order valence-electron chi connectivity index (χ3n) is 5.47. The summed E-state index contributed by atoms with van der Waals surface area (Å²) < 4.78 is 14.4. The maximum Gasteiger partial charge on any atom is 2.00 e. The Labute approximate surface area is 215 Å². The van der Waals surface area contributed by atoms with Gasteiger partial charge in [-0.05, 0) is 31.0 Å². The van der Waals surface area contributed by atoms with Gasteiger partial charge in [0.2, 0.25) is 0 Å². The fourth-order valence-electron chi connectivity index (χ4n) is 3.88. The molecule has 0 amide bonds. The molecule has 1 atom stereocenters. The Morgan fingerprint density at radius 2 is 1.88 bits per heavy atom. The smallest absolute Gasteiger partial charge is 0.492 e. The number of carboxylic acid groups (broad SMARTS) is 1. The molecule has 0 unspecified atom stereocenters. The van der Waals surface area contributed by atoms with E-state index in [0.29, 0.717) is 48.8 Å². The molecule has 0 saturated carbocycles. The minimum atomic E-state index is -0.977. The van der Waals surface area contributed by atoms with Crippen LogP contribution in [0.25, 0.3) is 11.0 Å². The molecule has 0 spiro atoms. The number of hydrogen-bond donors (Lipinski definition) is 1. The van der Waals surface area contributed by atoms with Gasteiger partial charge in [0, 0.05) is 26.5 Å². The van der Waals surface area contributed by atoms with E-state index in [4.69, 9.17) is 14.5 Å². The van der Waals surface area contributed by atoms with Gasteiger partial charge in [-0.25, -0.2) is 9.78 Å². The van der Waals surface area contributed by atoms with E-state index in [-0.39, 0.29) is 35.0 Å². The number of carboxylic acids is 1. The van der Waals surface area contributed by atoms with Crippen LogP contribution in [0, 0.1) is 0 Å². The molecule has 0 aliphatic rings. The minimum Gasteiger partial charge on any atom is -0.492 e. The number of aromatic nitrogens is 4. The second-order valence-electron chi connectivity index (χ2n) is 7.83. The number of aryl methyl sites for hydroxylation is 3. The van der Waals surface area contributed by atoms with Gasteiger partial charge in [-0.1, -0.05) is 32.4 Å². The molecule has 0 radical (unpaired) electrons. The van der Waals surface area contributed by atoms with Gasteiger partial charge in [0.25, 0.3) is 5.56 Å². The van der Waals surface area contributed by atoms with Crippen molar-refractivity contribution in [3.8, 4) is 5.75 Å². The van der Waals surface area contributed by atoms with Gasteiger partial charge in [-0.2, -0.15) is 5.10 Å². The first-order valence-corrected chi connectivity index (χ1v) is 11.4. The fraction of sp³-hybridized carbons (Fsp3) is 0.500. The second kappa shape index (κ2) is 12.9. The Morgan fingerprint density at radius 3 is 2.47 bits per heavy atom. The number of benzene rings is 1. The van der Waals surface area contributed by atoms with Crippen LogP contribution < -0.4 is 10.3 Å². The molecular formula is C24H32MgN4O5+2. The Kier molecular flexibility index (Phi) is 10.5. The van der Waals surface area contributed by atoms with E-state index in [1.165, 1.54) is 0 Å². The first kappa shape index (κ1) is 27.8. The zero-order valence-corrected chi connectivity index (χ0v) is 21.8. The van der Waals surface area contributed by atoms with E-state index in [9.17, 15) is 14.7 Å². The number of fused-ring (bicyclic) bond motifs is 1. The molecule has 2 heterocycles. The van der Waals surface area contributed by atoms with Gasteiger partial charge in [-0.15, -0.1) is 0 Å². The Hall–Kier alpha value is -2.43. The SMILES string of the molecule is CCCc1nn(C)c2c(=O)n(CCOc3ccc(C[C@@H](OCC)C(=O)O)cc3)c(CC)nc12.[Mg+2]. The average molecular weight is 481 g/mol. The predicted molar refractivity (Wildman–Crippen MR) is 131 cm³/mol. The molecule has 3 rings (SSSR count). The molecule has 0 aliphatic heterocycles. The zero-order valence-electron chi connectivity index (χ0n) is 20.4. The third kappa shape index (κ3) is 6.37. The average Bonchev–Trinajstić information content (AvgIpc) is 3.11. The summed E-state index contributed by atoms with van der Waals surface area (Å²) in [4.78, 5) is 29.2. The normalized spacial score (nSPS) is 11.9. The summed E-state index contributed by atoms with van der Waals surface area (Å²) in [5, 5.41) is 13.7. The molecule has 1 aromatic carbocycles. The molecule has 2 aromatic heterocycles. The first-order chi connectivity index (χ1) is 15.9. The molecule has 3 aromatic rings. The van der Waals surface area contributed by atoms with Crippen molar-refractivity contribution in [2.75, 3.05) is 13.2 Å². The number of rotatable bonds is 12. The molecule has 34 heavy (non-hydrogen) atoms. The van der Waals surface area contributed by atoms with Crippen LogP contribution in [-0.2, 0) is 42.4 Å². The fourth-order valence-corrected chi connectivity index (χ4v) is 3.88. The molecule has 9 nitrogen and oxygen atoms in total. The minimum absolute atomic E-state index is 0. The summed E-state index contributed by atoms with van der Waals surface area (Å²) >= 11 is 0. The van der Waals surface area contributed by atoms with Crippen molar-refractivity contribution in [2.45, 2.75) is 59.1 Å². The monoisotopic (exact) mass is 480 g/mol. The first-order valence-electron chi connectivity index (χ1n) is 11.4. The molecule has 10 heteroatoms. The second-order valence-corrected chi connectivity index (χ2v) is 7.83. The van der Waals surface area contributed by atoms with Crippen LogP contribution in [0.3, 0.4) is 0 Å². The van der Waals surface area contributed by atoms with E-state index in [1.54, 1.807) is 35.4 Å². The number of nitrogens with zero attached hydrogens (tertiary/aromatic N) is 4. The molecule has 178 valence electrons. The van der Waals surface area contributed by atoms with Crippen molar-refractivity contribution in [1.82, 2.24) is 19.3 Å². The molecule has 1 N–H and O–H groups in total. The van der Waals surface area contributed by atoms with Crippen molar-refractivity contribution in [1.29, 1.82) is 0 Å². The topological polar surface area (TPSA) is 108 Å². The number of aliphatic carboxylic acids is 1. The van der Waals surface area contributed by atoms with Crippen molar-refractivity contribution < 1.29 is 19.4 Å². The number of ether oxygens (including phenoxy) is 2. The summed E-state index contributed by atoms with van der Waals surface area (Å²) in [7, 11) is 1.78. The van der Waals surface area contributed by atoms with Gasteiger partial charge in [-0.3, -0.25) is 14.0 Å². The van der Waals surface area contributed by atoms with Crippen LogP contribution in [0.1, 0.15) is 44.3 Å². The largest absolute Gasteiger partial charge is 2.00 e. The molecule has 0 bridgehead atoms. The Morgan fingerprint density at radius 1 is 1.18 bits per heavy atom. The standard InChI is InChI=1S/C24H32N4O5.Mg/c1-5-8-18-21-22(27(4)26-18)23(29)28(20(6-2)25-21)13-14-33-17-11-9-16(10-12-17)15-19(24(30)31)32-7-3;/h9-12,19H,5-8,13-15H2,1-4H3,(H,30,31);/q;+2/t19-;/m1./s1. The summed E-state index contributed by atoms with van der Waals surface area (Å²) in [6.45, 7) is 6.84. The van der Waals surface area contributed by atoms with Crippen molar-refractivity contribution >= 4 is 40.1 Å². The van der Waals surface area contributed by atoms with E-state index < -0.39 is 12.1 Å². The quantitative estimate of drug-likeness (QED) is 0.396. The third-order valence-corrected chi connectivity index (χ3v) is 5.47. The summed E-state index contributed by atoms with van der Waals surface area (Å²) in [5.74, 6) is 0.385. The van der Waals surface area contributed by atoms with Crippen LogP contribution >= 0.6 is 0 Å².